The van der Waals surface area contributed by atoms with Crippen molar-refractivity contribution in [3.05, 3.63) is 16.3 Å². The van der Waals surface area contributed by atoms with E-state index in [-0.39, 0.29) is 30.3 Å². The first kappa shape index (κ1) is 23.6. The SMILES string of the molecule is CCn1c(CC#N)nc2c(N3C[C@@H](C)N(C(=O)OC(C)(C)C)C[C@@H]3C)nc(=O)n(CC)c21. The fourth-order valence-corrected chi connectivity index (χ4v) is 4.23. The van der Waals surface area contributed by atoms with E-state index >= 15 is 0 Å². The Kier molecular flexibility index (Phi) is 6.49. The van der Waals surface area contributed by atoms with Crippen molar-refractivity contribution in [2.45, 2.75) is 85.7 Å². The number of carbonyl (C=O) groups excluding carboxylic acids is 1. The molecule has 10 nitrogen and oxygen atoms in total. The first-order chi connectivity index (χ1) is 15.0. The number of rotatable bonds is 4. The molecule has 0 aromatic carbocycles. The first-order valence-electron chi connectivity index (χ1n) is 11.1. The van der Waals surface area contributed by atoms with Crippen molar-refractivity contribution in [2.24, 2.45) is 0 Å². The summed E-state index contributed by atoms with van der Waals surface area (Å²) in [4.78, 5) is 38.5. The van der Waals surface area contributed by atoms with Crippen molar-refractivity contribution in [1.29, 1.82) is 5.26 Å². The van der Waals surface area contributed by atoms with Gasteiger partial charge in [-0.1, -0.05) is 0 Å². The summed E-state index contributed by atoms with van der Waals surface area (Å²) in [6.07, 6.45) is -0.194. The molecule has 0 spiro atoms. The van der Waals surface area contributed by atoms with Gasteiger partial charge in [0.25, 0.3) is 0 Å². The quantitative estimate of drug-likeness (QED) is 0.714. The number of hydrogen-bond acceptors (Lipinski definition) is 7. The standard InChI is InChI=1S/C22H33N7O3/c1-8-26-16(10-11-23)24-17-18(25-20(30)27(9-2)19(17)26)28-12-15(4)29(13-14(28)3)21(31)32-22(5,6)7/h14-15H,8-10,12-13H2,1-7H3/t14-,15+/m0/s1. The Labute approximate surface area is 188 Å². The van der Waals surface area contributed by atoms with Crippen LogP contribution in [-0.4, -0.2) is 60.9 Å². The van der Waals surface area contributed by atoms with Crippen LogP contribution >= 0.6 is 0 Å². The van der Waals surface area contributed by atoms with E-state index in [2.05, 4.69) is 11.1 Å². The molecule has 2 aromatic rings. The van der Waals surface area contributed by atoms with Gasteiger partial charge in [0.05, 0.1) is 12.5 Å². The maximum Gasteiger partial charge on any atom is 0.410 e. The first-order valence-corrected chi connectivity index (χ1v) is 11.1. The van der Waals surface area contributed by atoms with Gasteiger partial charge in [-0.05, 0) is 48.5 Å². The van der Waals surface area contributed by atoms with Crippen molar-refractivity contribution in [1.82, 2.24) is 24.0 Å². The largest absolute Gasteiger partial charge is 0.444 e. The van der Waals surface area contributed by atoms with Crippen molar-refractivity contribution < 1.29 is 9.53 Å². The highest BCUT2D eigenvalue weighted by molar-refractivity contribution is 5.85. The molecule has 0 N–H and O–H groups in total. The molecule has 1 fully saturated rings. The molecule has 2 atom stereocenters. The van der Waals surface area contributed by atoms with Crippen LogP contribution in [0.5, 0.6) is 0 Å². The highest BCUT2D eigenvalue weighted by atomic mass is 16.6. The summed E-state index contributed by atoms with van der Waals surface area (Å²) in [5.74, 6) is 1.12. The van der Waals surface area contributed by atoms with E-state index in [1.807, 2.05) is 57.9 Å². The van der Waals surface area contributed by atoms with Gasteiger partial charge in [-0.3, -0.25) is 4.57 Å². The molecule has 0 aliphatic carbocycles. The molecule has 10 heteroatoms. The third-order valence-electron chi connectivity index (χ3n) is 5.68. The fraction of sp³-hybridized carbons (Fsp3) is 0.682. The Bertz CT molecular complexity index is 1110. The second-order valence-electron chi connectivity index (χ2n) is 9.22. The molecule has 0 radical (unpaired) electrons. The number of fused-ring (bicyclic) bond motifs is 1. The molecule has 1 amide bonds. The topological polar surface area (TPSA) is 109 Å². The van der Waals surface area contributed by atoms with Crippen LogP contribution in [0, 0.1) is 11.3 Å². The molecule has 0 bridgehead atoms. The monoisotopic (exact) mass is 443 g/mol. The molecular formula is C22H33N7O3. The number of piperazine rings is 1. The average Bonchev–Trinajstić information content (AvgIpc) is 3.06. The molecule has 2 aromatic heterocycles. The van der Waals surface area contributed by atoms with Crippen LogP contribution in [0.4, 0.5) is 10.6 Å². The normalized spacial score (nSPS) is 19.3. The average molecular weight is 444 g/mol. The zero-order valence-corrected chi connectivity index (χ0v) is 20.0. The highest BCUT2D eigenvalue weighted by Gasteiger charge is 2.36. The van der Waals surface area contributed by atoms with Crippen LogP contribution in [-0.2, 0) is 24.2 Å². The van der Waals surface area contributed by atoms with Crippen molar-refractivity contribution >= 4 is 23.1 Å². The predicted molar refractivity (Wildman–Crippen MR) is 122 cm³/mol. The van der Waals surface area contributed by atoms with Crippen LogP contribution in [0.3, 0.4) is 0 Å². The lowest BCUT2D eigenvalue weighted by Crippen LogP contribution is -2.59. The molecule has 1 aliphatic rings. The van der Waals surface area contributed by atoms with Gasteiger partial charge in [-0.25, -0.2) is 14.6 Å². The van der Waals surface area contributed by atoms with Crippen LogP contribution in [0.15, 0.2) is 4.79 Å². The molecule has 0 unspecified atom stereocenters. The maximum absolute atomic E-state index is 12.9. The number of amides is 1. The zero-order valence-electron chi connectivity index (χ0n) is 20.0. The summed E-state index contributed by atoms with van der Waals surface area (Å²) in [6.45, 7) is 15.3. The Morgan fingerprint density at radius 1 is 1.12 bits per heavy atom. The fourth-order valence-electron chi connectivity index (χ4n) is 4.23. The van der Waals surface area contributed by atoms with E-state index in [9.17, 15) is 14.9 Å². The third-order valence-corrected chi connectivity index (χ3v) is 5.68. The van der Waals surface area contributed by atoms with Gasteiger partial charge < -0.3 is 19.1 Å². The van der Waals surface area contributed by atoms with Crippen LogP contribution in [0.25, 0.3) is 11.2 Å². The molecule has 3 rings (SSSR count). The van der Waals surface area contributed by atoms with E-state index < -0.39 is 5.60 Å². The lowest BCUT2D eigenvalue weighted by Gasteiger charge is -2.44. The van der Waals surface area contributed by atoms with Crippen molar-refractivity contribution in [2.75, 3.05) is 18.0 Å². The summed E-state index contributed by atoms with van der Waals surface area (Å²) in [6, 6.07) is 1.92. The molecule has 3 heterocycles. The van der Waals surface area contributed by atoms with Crippen molar-refractivity contribution in [3.8, 4) is 6.07 Å². The number of aromatic nitrogens is 4. The number of imidazole rings is 1. The highest BCUT2D eigenvalue weighted by Crippen LogP contribution is 2.29. The Balaban J connectivity index is 2.06. The molecule has 0 saturated carbocycles. The molecule has 1 aliphatic heterocycles. The zero-order chi connectivity index (χ0) is 23.8. The number of carbonyl (C=O) groups is 1. The number of nitrogens with zero attached hydrogens (tertiary/aromatic N) is 7. The Morgan fingerprint density at radius 2 is 1.78 bits per heavy atom. The molecule has 1 saturated heterocycles. The van der Waals surface area contributed by atoms with Crippen LogP contribution in [0.2, 0.25) is 0 Å². The number of aryl methyl sites for hydroxylation is 2. The van der Waals surface area contributed by atoms with Crippen molar-refractivity contribution in [3.63, 3.8) is 0 Å². The number of anilines is 1. The number of hydrogen-bond donors (Lipinski definition) is 0. The van der Waals surface area contributed by atoms with Gasteiger partial charge in [0.15, 0.2) is 5.82 Å². The molecular weight excluding hydrogens is 410 g/mol. The van der Waals surface area contributed by atoms with Crippen LogP contribution < -0.4 is 10.6 Å². The predicted octanol–water partition coefficient (Wildman–Crippen LogP) is 2.53. The van der Waals surface area contributed by atoms with E-state index in [1.54, 1.807) is 9.47 Å². The van der Waals surface area contributed by atoms with Gasteiger partial charge in [-0.15, -0.1) is 0 Å². The number of ether oxygens (including phenoxy) is 1. The number of nitriles is 1. The Hall–Kier alpha value is -3.09. The van der Waals surface area contributed by atoms with E-state index in [0.29, 0.717) is 49.0 Å². The Morgan fingerprint density at radius 3 is 2.34 bits per heavy atom. The summed E-state index contributed by atoms with van der Waals surface area (Å²) < 4.78 is 9.09. The van der Waals surface area contributed by atoms with Gasteiger partial charge in [0, 0.05) is 38.3 Å². The smallest absolute Gasteiger partial charge is 0.410 e. The van der Waals surface area contributed by atoms with E-state index in [4.69, 9.17) is 9.72 Å². The lowest BCUT2D eigenvalue weighted by atomic mass is 10.1. The lowest BCUT2D eigenvalue weighted by molar-refractivity contribution is 0.0130. The minimum Gasteiger partial charge on any atom is -0.444 e. The minimum absolute atomic E-state index is 0.0995. The second kappa shape index (κ2) is 8.81. The van der Waals surface area contributed by atoms with E-state index in [1.165, 1.54) is 0 Å². The third kappa shape index (κ3) is 4.29. The van der Waals surface area contributed by atoms with Gasteiger partial charge in [-0.2, -0.15) is 10.2 Å². The van der Waals surface area contributed by atoms with Crippen LogP contribution in [0.1, 0.15) is 54.3 Å². The summed E-state index contributed by atoms with van der Waals surface area (Å²) in [7, 11) is 0. The van der Waals surface area contributed by atoms with Gasteiger partial charge >= 0.3 is 11.8 Å². The summed E-state index contributed by atoms with van der Waals surface area (Å²) in [5.41, 5.74) is 0.384. The second-order valence-corrected chi connectivity index (χ2v) is 9.22. The minimum atomic E-state index is -0.570. The van der Waals surface area contributed by atoms with E-state index in [0.717, 1.165) is 0 Å². The van der Waals surface area contributed by atoms with Gasteiger partial charge in [0.1, 0.15) is 22.6 Å². The summed E-state index contributed by atoms with van der Waals surface area (Å²) >= 11 is 0. The van der Waals surface area contributed by atoms with Gasteiger partial charge in [0.2, 0.25) is 0 Å². The maximum atomic E-state index is 12.9. The molecule has 32 heavy (non-hydrogen) atoms. The molecule has 174 valence electrons. The summed E-state index contributed by atoms with van der Waals surface area (Å²) in [5, 5.41) is 9.26.